The number of ether oxygens (including phenoxy) is 1. The molecule has 0 saturated carbocycles. The summed E-state index contributed by atoms with van der Waals surface area (Å²) in [6, 6.07) is 0. The van der Waals surface area contributed by atoms with Crippen LogP contribution in [0.3, 0.4) is 0 Å². The van der Waals surface area contributed by atoms with Crippen LogP contribution in [0.4, 0.5) is 0 Å². The van der Waals surface area contributed by atoms with Gasteiger partial charge in [0.25, 0.3) is 0 Å². The monoisotopic (exact) mass is 174 g/mol. The van der Waals surface area contributed by atoms with E-state index in [-0.39, 0.29) is 5.97 Å². The Labute approximate surface area is 74.3 Å². The number of hydrogen-bond acceptors (Lipinski definition) is 2. The van der Waals surface area contributed by atoms with Crippen LogP contribution in [-0.2, 0) is 9.53 Å². The van der Waals surface area contributed by atoms with Gasteiger partial charge < -0.3 is 10.5 Å². The Balaban J connectivity index is 3.61. The first-order chi connectivity index (χ1) is 5.74. The van der Waals surface area contributed by atoms with Crippen molar-refractivity contribution in [3.8, 4) is 0 Å². The van der Waals surface area contributed by atoms with Crippen LogP contribution in [0.2, 0.25) is 0 Å². The van der Waals surface area contributed by atoms with Gasteiger partial charge in [-0.25, -0.2) is 0 Å². The number of rotatable bonds is 6. The fraction of sp³-hybridized carbons (Fsp3) is 0.889. The van der Waals surface area contributed by atoms with Crippen LogP contribution >= 0.6 is 0 Å². The molecule has 0 aliphatic rings. The highest BCUT2D eigenvalue weighted by Gasteiger charge is 2.13. The van der Waals surface area contributed by atoms with Gasteiger partial charge in [-0.2, -0.15) is 0 Å². The summed E-state index contributed by atoms with van der Waals surface area (Å²) in [7, 11) is 0. The maximum absolute atomic E-state index is 11.0. The van der Waals surface area contributed by atoms with Gasteiger partial charge in [0.15, 0.2) is 0 Å². The zero-order chi connectivity index (χ0) is 9.40. The van der Waals surface area contributed by atoms with E-state index in [0.717, 1.165) is 19.4 Å². The van der Waals surface area contributed by atoms with Gasteiger partial charge in [-0.05, 0) is 13.3 Å². The molecule has 0 rings (SSSR count). The number of hydrogen-bond donors (Lipinski definition) is 1. The van der Waals surface area contributed by atoms with Crippen molar-refractivity contribution in [3.05, 3.63) is 0 Å². The van der Waals surface area contributed by atoms with Crippen molar-refractivity contribution in [2.75, 3.05) is 13.2 Å². The van der Waals surface area contributed by atoms with Gasteiger partial charge in [-0.1, -0.05) is 13.3 Å². The van der Waals surface area contributed by atoms with Gasteiger partial charge in [-0.3, -0.25) is 4.79 Å². The highest BCUT2D eigenvalue weighted by Crippen LogP contribution is 2.09. The van der Waals surface area contributed by atoms with Gasteiger partial charge in [0.1, 0.15) is 0 Å². The van der Waals surface area contributed by atoms with Crippen LogP contribution < -0.4 is 5.73 Å². The van der Waals surface area contributed by atoms with E-state index >= 15 is 0 Å². The van der Waals surface area contributed by atoms with Crippen molar-refractivity contribution in [2.45, 2.75) is 33.1 Å². The van der Waals surface area contributed by atoms with Crippen LogP contribution in [-0.4, -0.2) is 19.1 Å². The molecule has 72 valence electrons. The van der Waals surface area contributed by atoms with E-state index in [2.05, 4.69) is 12.7 Å². The van der Waals surface area contributed by atoms with E-state index in [9.17, 15) is 4.79 Å². The lowest BCUT2D eigenvalue weighted by Crippen LogP contribution is -2.54. The quantitative estimate of drug-likeness (QED) is 0.599. The van der Waals surface area contributed by atoms with E-state index in [1.165, 1.54) is 0 Å². The summed E-state index contributed by atoms with van der Waals surface area (Å²) < 4.78 is 4.85. The molecule has 12 heavy (non-hydrogen) atoms. The molecule has 0 saturated heterocycles. The number of carbonyl (C=O) groups excluding carboxylic acids is 1. The molecule has 0 aromatic heterocycles. The Kier molecular flexibility index (Phi) is 6.76. The third-order valence-corrected chi connectivity index (χ3v) is 1.87. The van der Waals surface area contributed by atoms with Crippen LogP contribution in [0.15, 0.2) is 0 Å². The normalized spacial score (nSPS) is 12.6. The largest absolute Gasteiger partial charge is 0.466 e. The summed E-state index contributed by atoms with van der Waals surface area (Å²) in [6.07, 6.45) is 2.72. The van der Waals surface area contributed by atoms with Crippen molar-refractivity contribution >= 4 is 5.97 Å². The molecular formula is C9H20NO2+. The SMILES string of the molecule is CCCC(C[NH3+])CC(=O)OCC. The second kappa shape index (κ2) is 7.10. The molecule has 0 fully saturated rings. The van der Waals surface area contributed by atoms with Crippen molar-refractivity contribution in [1.82, 2.24) is 0 Å². The molecule has 1 atom stereocenters. The maximum atomic E-state index is 11.0. The number of quaternary nitrogens is 1. The van der Waals surface area contributed by atoms with Crippen molar-refractivity contribution in [1.29, 1.82) is 0 Å². The highest BCUT2D eigenvalue weighted by molar-refractivity contribution is 5.69. The molecule has 0 bridgehead atoms. The van der Waals surface area contributed by atoms with E-state index in [1.54, 1.807) is 0 Å². The summed E-state index contributed by atoms with van der Waals surface area (Å²) in [5.41, 5.74) is 3.81. The molecule has 0 aliphatic carbocycles. The molecular weight excluding hydrogens is 154 g/mol. The van der Waals surface area contributed by atoms with E-state index in [0.29, 0.717) is 18.9 Å². The minimum absolute atomic E-state index is 0.0837. The lowest BCUT2D eigenvalue weighted by atomic mass is 10.0. The average molecular weight is 174 g/mol. The topological polar surface area (TPSA) is 53.9 Å². The van der Waals surface area contributed by atoms with E-state index in [1.807, 2.05) is 6.92 Å². The number of esters is 1. The maximum Gasteiger partial charge on any atom is 0.306 e. The second-order valence-electron chi connectivity index (χ2n) is 2.95. The van der Waals surface area contributed by atoms with Crippen LogP contribution in [0.5, 0.6) is 0 Å². The Bertz CT molecular complexity index is 126. The summed E-state index contributed by atoms with van der Waals surface area (Å²) in [5, 5.41) is 0. The summed E-state index contributed by atoms with van der Waals surface area (Å²) in [4.78, 5) is 11.0. The lowest BCUT2D eigenvalue weighted by Gasteiger charge is -2.09. The fourth-order valence-corrected chi connectivity index (χ4v) is 1.21. The molecule has 1 unspecified atom stereocenters. The smallest absolute Gasteiger partial charge is 0.306 e. The predicted octanol–water partition coefficient (Wildman–Crippen LogP) is 0.598. The minimum Gasteiger partial charge on any atom is -0.466 e. The molecule has 0 aliphatic heterocycles. The van der Waals surface area contributed by atoms with Crippen LogP contribution in [0.1, 0.15) is 33.1 Å². The van der Waals surface area contributed by atoms with E-state index in [4.69, 9.17) is 4.74 Å². The van der Waals surface area contributed by atoms with Gasteiger partial charge in [0, 0.05) is 5.92 Å². The van der Waals surface area contributed by atoms with Crippen molar-refractivity contribution in [3.63, 3.8) is 0 Å². The van der Waals surface area contributed by atoms with Gasteiger partial charge >= 0.3 is 5.97 Å². The minimum atomic E-state index is -0.0837. The predicted molar refractivity (Wildman–Crippen MR) is 47.4 cm³/mol. The average Bonchev–Trinajstić information content (AvgIpc) is 2.04. The first-order valence-electron chi connectivity index (χ1n) is 4.69. The zero-order valence-electron chi connectivity index (χ0n) is 8.14. The van der Waals surface area contributed by atoms with Crippen molar-refractivity contribution in [2.24, 2.45) is 5.92 Å². The molecule has 0 amide bonds. The lowest BCUT2D eigenvalue weighted by molar-refractivity contribution is -0.379. The molecule has 0 aromatic carbocycles. The third-order valence-electron chi connectivity index (χ3n) is 1.87. The van der Waals surface area contributed by atoms with E-state index < -0.39 is 0 Å². The van der Waals surface area contributed by atoms with Gasteiger partial charge in [-0.15, -0.1) is 0 Å². The van der Waals surface area contributed by atoms with Gasteiger partial charge in [0.2, 0.25) is 0 Å². The standard InChI is InChI=1S/C9H19NO2/c1-3-5-8(7-10)6-9(11)12-4-2/h8H,3-7,10H2,1-2H3/p+1. The second-order valence-corrected chi connectivity index (χ2v) is 2.95. The van der Waals surface area contributed by atoms with Crippen molar-refractivity contribution < 1.29 is 15.3 Å². The number of carbonyl (C=O) groups is 1. The molecule has 0 spiro atoms. The Morgan fingerprint density at radius 2 is 2.17 bits per heavy atom. The highest BCUT2D eigenvalue weighted by atomic mass is 16.5. The molecule has 3 heteroatoms. The Morgan fingerprint density at radius 1 is 1.50 bits per heavy atom. The molecule has 3 N–H and O–H groups in total. The Hall–Kier alpha value is -0.570. The zero-order valence-corrected chi connectivity index (χ0v) is 8.14. The molecule has 0 heterocycles. The summed E-state index contributed by atoms with van der Waals surface area (Å²) >= 11 is 0. The fourth-order valence-electron chi connectivity index (χ4n) is 1.21. The first kappa shape index (κ1) is 11.4. The molecule has 3 nitrogen and oxygen atoms in total. The van der Waals surface area contributed by atoms with Crippen LogP contribution in [0.25, 0.3) is 0 Å². The van der Waals surface area contributed by atoms with Gasteiger partial charge in [0.05, 0.1) is 19.6 Å². The third kappa shape index (κ3) is 5.13. The summed E-state index contributed by atoms with van der Waals surface area (Å²) in [6.45, 7) is 5.26. The van der Waals surface area contributed by atoms with Crippen LogP contribution in [0, 0.1) is 5.92 Å². The first-order valence-corrected chi connectivity index (χ1v) is 4.69. The Morgan fingerprint density at radius 3 is 2.58 bits per heavy atom. The molecule has 0 aromatic rings. The summed E-state index contributed by atoms with van der Waals surface area (Å²) in [5.74, 6) is 0.327. The molecule has 0 radical (unpaired) electrons.